The second kappa shape index (κ2) is 4.24. The molecule has 0 spiro atoms. The molecule has 1 unspecified atom stereocenters. The molecule has 1 aromatic heterocycles. The highest BCUT2D eigenvalue weighted by molar-refractivity contribution is 7.98. The van der Waals surface area contributed by atoms with Crippen molar-refractivity contribution in [3.63, 3.8) is 0 Å². The zero-order valence-corrected chi connectivity index (χ0v) is 9.37. The first-order chi connectivity index (χ1) is 7.19. The average Bonchev–Trinajstić information content (AvgIpc) is 2.64. The molecule has 0 aromatic carbocycles. The summed E-state index contributed by atoms with van der Waals surface area (Å²) in [7, 11) is 0. The van der Waals surface area contributed by atoms with E-state index < -0.39 is 0 Å². The van der Waals surface area contributed by atoms with E-state index in [9.17, 15) is 5.11 Å². The van der Waals surface area contributed by atoms with E-state index in [1.807, 2.05) is 11.2 Å². The van der Waals surface area contributed by atoms with E-state index in [-0.39, 0.29) is 6.10 Å². The molecule has 15 heavy (non-hydrogen) atoms. The molecular formula is C9H14N4OS. The first kappa shape index (κ1) is 10.5. The zero-order chi connectivity index (χ0) is 10.8. The molecule has 2 rings (SSSR count). The first-order valence-electron chi connectivity index (χ1n) is 4.80. The molecule has 82 valence electrons. The van der Waals surface area contributed by atoms with Crippen molar-refractivity contribution in [2.45, 2.75) is 17.7 Å². The third-order valence-corrected chi connectivity index (χ3v) is 2.93. The summed E-state index contributed by atoms with van der Waals surface area (Å²) in [5.41, 5.74) is 5.68. The van der Waals surface area contributed by atoms with Crippen LogP contribution >= 0.6 is 11.8 Å². The Morgan fingerprint density at radius 1 is 1.60 bits per heavy atom. The summed E-state index contributed by atoms with van der Waals surface area (Å²) in [6.07, 6.45) is 2.45. The smallest absolute Gasteiger partial charge is 0.191 e. The molecule has 1 atom stereocenters. The fraction of sp³-hybridized carbons (Fsp3) is 0.556. The highest BCUT2D eigenvalue weighted by Crippen LogP contribution is 2.22. The summed E-state index contributed by atoms with van der Waals surface area (Å²) >= 11 is 1.47. The van der Waals surface area contributed by atoms with Crippen molar-refractivity contribution in [1.82, 2.24) is 9.97 Å². The number of β-amino-alcohol motifs (C(OH)–C–C–N with tert-alkyl or cyclic N) is 1. The van der Waals surface area contributed by atoms with Gasteiger partial charge in [0.1, 0.15) is 11.6 Å². The Bertz CT molecular complexity index is 360. The lowest BCUT2D eigenvalue weighted by molar-refractivity contribution is 0.198. The number of thioether (sulfide) groups is 1. The SMILES string of the molecule is CSc1nc(N)cc(N2CCC(O)C2)n1. The van der Waals surface area contributed by atoms with Crippen LogP contribution in [0.25, 0.3) is 0 Å². The van der Waals surface area contributed by atoms with Gasteiger partial charge < -0.3 is 15.7 Å². The number of nitrogen functional groups attached to an aromatic ring is 1. The maximum Gasteiger partial charge on any atom is 0.191 e. The van der Waals surface area contributed by atoms with Gasteiger partial charge in [0.2, 0.25) is 0 Å². The Hall–Kier alpha value is -1.01. The van der Waals surface area contributed by atoms with E-state index in [1.165, 1.54) is 11.8 Å². The summed E-state index contributed by atoms with van der Waals surface area (Å²) in [5, 5.41) is 10.1. The van der Waals surface area contributed by atoms with E-state index in [2.05, 4.69) is 9.97 Å². The van der Waals surface area contributed by atoms with Crippen LogP contribution in [0, 0.1) is 0 Å². The molecule has 6 heteroatoms. The molecule has 1 fully saturated rings. The monoisotopic (exact) mass is 226 g/mol. The number of aromatic nitrogens is 2. The minimum Gasteiger partial charge on any atom is -0.391 e. The predicted molar refractivity (Wildman–Crippen MR) is 61.1 cm³/mol. The van der Waals surface area contributed by atoms with Crippen molar-refractivity contribution in [3.8, 4) is 0 Å². The van der Waals surface area contributed by atoms with Crippen LogP contribution in [-0.2, 0) is 0 Å². The fourth-order valence-corrected chi connectivity index (χ4v) is 2.01. The number of rotatable bonds is 2. The Balaban J connectivity index is 2.24. The van der Waals surface area contributed by atoms with Gasteiger partial charge in [-0.3, -0.25) is 0 Å². The van der Waals surface area contributed by atoms with Gasteiger partial charge in [-0.2, -0.15) is 0 Å². The Morgan fingerprint density at radius 3 is 3.00 bits per heavy atom. The molecule has 3 N–H and O–H groups in total. The molecule has 1 aromatic rings. The molecule has 1 aliphatic heterocycles. The van der Waals surface area contributed by atoms with Gasteiger partial charge in [-0.05, 0) is 12.7 Å². The van der Waals surface area contributed by atoms with Crippen LogP contribution in [0.4, 0.5) is 11.6 Å². The van der Waals surface area contributed by atoms with Gasteiger partial charge in [-0.1, -0.05) is 11.8 Å². The maximum atomic E-state index is 9.44. The van der Waals surface area contributed by atoms with Crippen molar-refractivity contribution in [1.29, 1.82) is 0 Å². The molecular weight excluding hydrogens is 212 g/mol. The van der Waals surface area contributed by atoms with E-state index in [1.54, 1.807) is 6.07 Å². The third kappa shape index (κ3) is 2.32. The molecule has 0 saturated carbocycles. The number of anilines is 2. The number of aliphatic hydroxyl groups excluding tert-OH is 1. The minimum atomic E-state index is -0.251. The third-order valence-electron chi connectivity index (χ3n) is 2.38. The highest BCUT2D eigenvalue weighted by Gasteiger charge is 2.21. The topological polar surface area (TPSA) is 75.3 Å². The van der Waals surface area contributed by atoms with Crippen LogP contribution in [0.1, 0.15) is 6.42 Å². The summed E-state index contributed by atoms with van der Waals surface area (Å²) in [6.45, 7) is 1.45. The zero-order valence-electron chi connectivity index (χ0n) is 8.55. The van der Waals surface area contributed by atoms with Crippen molar-refractivity contribution in [2.24, 2.45) is 0 Å². The van der Waals surface area contributed by atoms with Gasteiger partial charge in [0.05, 0.1) is 6.10 Å². The van der Waals surface area contributed by atoms with Gasteiger partial charge in [0.15, 0.2) is 5.16 Å². The van der Waals surface area contributed by atoms with E-state index in [0.29, 0.717) is 17.5 Å². The first-order valence-corrected chi connectivity index (χ1v) is 6.03. The van der Waals surface area contributed by atoms with Gasteiger partial charge in [-0.15, -0.1) is 0 Å². The number of hydrogen-bond donors (Lipinski definition) is 2. The lowest BCUT2D eigenvalue weighted by Gasteiger charge is -2.17. The standard InChI is InChI=1S/C9H14N4OS/c1-15-9-11-7(10)4-8(12-9)13-3-2-6(14)5-13/h4,6,14H,2-3,5H2,1H3,(H2,10,11,12). The molecule has 0 bridgehead atoms. The number of nitrogens with two attached hydrogens (primary N) is 1. The molecule has 1 saturated heterocycles. The lowest BCUT2D eigenvalue weighted by atomic mass is 10.3. The van der Waals surface area contributed by atoms with Crippen LogP contribution in [0.3, 0.4) is 0 Å². The van der Waals surface area contributed by atoms with Crippen molar-refractivity contribution < 1.29 is 5.11 Å². The van der Waals surface area contributed by atoms with Crippen molar-refractivity contribution >= 4 is 23.4 Å². The van der Waals surface area contributed by atoms with E-state index in [4.69, 9.17) is 5.73 Å². The molecule has 0 aliphatic carbocycles. The van der Waals surface area contributed by atoms with Crippen LogP contribution in [-0.4, -0.2) is 40.5 Å². The Labute approximate surface area is 92.7 Å². The number of aliphatic hydroxyl groups is 1. The Morgan fingerprint density at radius 2 is 2.40 bits per heavy atom. The van der Waals surface area contributed by atoms with E-state index in [0.717, 1.165) is 18.8 Å². The largest absolute Gasteiger partial charge is 0.391 e. The summed E-state index contributed by atoms with van der Waals surface area (Å²) in [6, 6.07) is 1.75. The molecule has 5 nitrogen and oxygen atoms in total. The van der Waals surface area contributed by atoms with Gasteiger partial charge in [0, 0.05) is 19.2 Å². The maximum absolute atomic E-state index is 9.44. The summed E-state index contributed by atoms with van der Waals surface area (Å²) < 4.78 is 0. The van der Waals surface area contributed by atoms with Crippen LogP contribution in [0.2, 0.25) is 0 Å². The van der Waals surface area contributed by atoms with Crippen molar-refractivity contribution in [2.75, 3.05) is 30.0 Å². The van der Waals surface area contributed by atoms with Crippen molar-refractivity contribution in [3.05, 3.63) is 6.07 Å². The molecule has 1 aliphatic rings. The second-order valence-electron chi connectivity index (χ2n) is 3.53. The normalized spacial score (nSPS) is 20.9. The lowest BCUT2D eigenvalue weighted by Crippen LogP contribution is -2.22. The summed E-state index contributed by atoms with van der Waals surface area (Å²) in [5.74, 6) is 1.29. The van der Waals surface area contributed by atoms with Crippen LogP contribution < -0.4 is 10.6 Å². The quantitative estimate of drug-likeness (QED) is 0.560. The van der Waals surface area contributed by atoms with Gasteiger partial charge in [-0.25, -0.2) is 9.97 Å². The predicted octanol–water partition coefficient (Wildman–Crippen LogP) is 0.352. The van der Waals surface area contributed by atoms with Gasteiger partial charge in [0.25, 0.3) is 0 Å². The average molecular weight is 226 g/mol. The van der Waals surface area contributed by atoms with Crippen LogP contribution in [0.15, 0.2) is 11.2 Å². The second-order valence-corrected chi connectivity index (χ2v) is 4.30. The van der Waals surface area contributed by atoms with Gasteiger partial charge >= 0.3 is 0 Å². The fourth-order valence-electron chi connectivity index (χ4n) is 1.63. The molecule has 0 radical (unpaired) electrons. The minimum absolute atomic E-state index is 0.251. The molecule has 2 heterocycles. The van der Waals surface area contributed by atoms with Crippen LogP contribution in [0.5, 0.6) is 0 Å². The number of hydrogen-bond acceptors (Lipinski definition) is 6. The Kier molecular flexibility index (Phi) is 2.97. The molecule has 0 amide bonds. The van der Waals surface area contributed by atoms with E-state index >= 15 is 0 Å². The highest BCUT2D eigenvalue weighted by atomic mass is 32.2. The summed E-state index contributed by atoms with van der Waals surface area (Å²) in [4.78, 5) is 10.5. The number of nitrogens with zero attached hydrogens (tertiary/aromatic N) is 3.